The number of phenolic OH excluding ortho intramolecular Hbond substituents is 1. The van der Waals surface area contributed by atoms with Crippen LogP contribution in [0, 0.1) is 5.92 Å². The second-order valence-corrected chi connectivity index (χ2v) is 9.35. The van der Waals surface area contributed by atoms with E-state index < -0.39 is 11.6 Å². The number of likely N-dealkylation sites (tertiary alicyclic amines) is 1. The summed E-state index contributed by atoms with van der Waals surface area (Å²) in [5, 5.41) is 13.1. The molecule has 3 aliphatic rings. The van der Waals surface area contributed by atoms with Crippen molar-refractivity contribution < 1.29 is 24.2 Å². The molecule has 3 amide bonds. The van der Waals surface area contributed by atoms with E-state index in [4.69, 9.17) is 9.47 Å². The Morgan fingerprint density at radius 2 is 1.76 bits per heavy atom. The third-order valence-corrected chi connectivity index (χ3v) is 7.38. The number of carbonyl (C=O) groups is 2. The van der Waals surface area contributed by atoms with E-state index in [1.54, 1.807) is 6.07 Å². The van der Waals surface area contributed by atoms with E-state index in [1.165, 1.54) is 4.90 Å². The molecule has 8 nitrogen and oxygen atoms in total. The van der Waals surface area contributed by atoms with Crippen LogP contribution in [-0.4, -0.2) is 64.7 Å². The maximum atomic E-state index is 13.6. The summed E-state index contributed by atoms with van der Waals surface area (Å²) < 4.78 is 11.8. The number of hydrogen-bond acceptors (Lipinski definition) is 6. The van der Waals surface area contributed by atoms with Gasteiger partial charge in [0.05, 0.1) is 6.54 Å². The molecule has 2 aromatic carbocycles. The molecule has 2 N–H and O–H groups in total. The fraction of sp³-hybridized carbons (Fsp3) is 0.462. The molecule has 3 aliphatic heterocycles. The molecule has 0 aromatic heterocycles. The van der Waals surface area contributed by atoms with Gasteiger partial charge in [-0.1, -0.05) is 37.3 Å². The first kappa shape index (κ1) is 22.5. The van der Waals surface area contributed by atoms with Gasteiger partial charge in [0.2, 0.25) is 0 Å². The third kappa shape index (κ3) is 4.07. The van der Waals surface area contributed by atoms with Gasteiger partial charge < -0.3 is 19.9 Å². The van der Waals surface area contributed by atoms with Gasteiger partial charge in [0.15, 0.2) is 17.6 Å². The maximum absolute atomic E-state index is 13.6. The molecule has 0 unspecified atom stereocenters. The average Bonchev–Trinajstić information content (AvgIpc) is 3.11. The molecule has 0 saturated carbocycles. The van der Waals surface area contributed by atoms with Crippen molar-refractivity contribution in [2.45, 2.75) is 44.4 Å². The number of urea groups is 1. The molecule has 8 heteroatoms. The number of nitrogens with zero attached hydrogens (tertiary/aromatic N) is 2. The van der Waals surface area contributed by atoms with E-state index in [2.05, 4.69) is 10.2 Å². The Balaban J connectivity index is 1.23. The van der Waals surface area contributed by atoms with Gasteiger partial charge in [0, 0.05) is 12.1 Å². The zero-order chi connectivity index (χ0) is 23.7. The Morgan fingerprint density at radius 1 is 1.06 bits per heavy atom. The first-order chi connectivity index (χ1) is 16.5. The van der Waals surface area contributed by atoms with Crippen LogP contribution < -0.4 is 14.8 Å². The number of imide groups is 1. The molecule has 3 heterocycles. The van der Waals surface area contributed by atoms with Crippen LogP contribution in [0.4, 0.5) is 4.79 Å². The molecule has 180 valence electrons. The lowest BCUT2D eigenvalue weighted by atomic mass is 9.75. The second-order valence-electron chi connectivity index (χ2n) is 9.35. The largest absolute Gasteiger partial charge is 0.508 e. The van der Waals surface area contributed by atoms with E-state index in [1.807, 2.05) is 49.4 Å². The highest BCUT2D eigenvalue weighted by Gasteiger charge is 2.55. The van der Waals surface area contributed by atoms with Crippen molar-refractivity contribution in [3.05, 3.63) is 54.1 Å². The van der Waals surface area contributed by atoms with Crippen LogP contribution >= 0.6 is 0 Å². The number of aromatic hydroxyl groups is 1. The molecule has 2 fully saturated rings. The molecular weight excluding hydrogens is 434 g/mol. The lowest BCUT2D eigenvalue weighted by Gasteiger charge is -2.40. The zero-order valence-corrected chi connectivity index (χ0v) is 19.4. The number of fused-ring (bicyclic) bond motifs is 1. The lowest BCUT2D eigenvalue weighted by Crippen LogP contribution is -2.56. The molecular formula is C26H31N3O5. The number of rotatable bonds is 6. The zero-order valence-electron chi connectivity index (χ0n) is 19.4. The van der Waals surface area contributed by atoms with Crippen molar-refractivity contribution in [1.82, 2.24) is 15.1 Å². The summed E-state index contributed by atoms with van der Waals surface area (Å²) in [6, 6.07) is 14.4. The summed E-state index contributed by atoms with van der Waals surface area (Å²) in [6.07, 6.45) is 1.75. The second kappa shape index (κ2) is 9.18. The highest BCUT2D eigenvalue weighted by molar-refractivity contribution is 6.07. The van der Waals surface area contributed by atoms with Crippen LogP contribution in [0.5, 0.6) is 17.2 Å². The number of amides is 3. The molecule has 2 saturated heterocycles. The van der Waals surface area contributed by atoms with E-state index >= 15 is 0 Å². The van der Waals surface area contributed by atoms with Crippen molar-refractivity contribution >= 4 is 11.9 Å². The van der Waals surface area contributed by atoms with Gasteiger partial charge in [0.1, 0.15) is 17.9 Å². The number of para-hydroxylation sites is 3. The van der Waals surface area contributed by atoms with Gasteiger partial charge in [-0.15, -0.1) is 0 Å². The molecule has 0 bridgehead atoms. The summed E-state index contributed by atoms with van der Waals surface area (Å²) in [6.45, 7) is 4.70. The maximum Gasteiger partial charge on any atom is 0.325 e. The van der Waals surface area contributed by atoms with Crippen molar-refractivity contribution in [2.75, 3.05) is 26.2 Å². The number of phenols is 1. The molecule has 2 atom stereocenters. The number of ether oxygens (including phenoxy) is 2. The number of benzene rings is 2. The molecule has 0 spiro atoms. The SMILES string of the molecule is CC[C@]1(C2CCN(Cc3ccccc3O)CC2)NC(=O)N(C[C@H]2COc3ccccc3O2)C1=O. The summed E-state index contributed by atoms with van der Waals surface area (Å²) in [7, 11) is 0. The van der Waals surface area contributed by atoms with Crippen LogP contribution in [0.1, 0.15) is 31.7 Å². The lowest BCUT2D eigenvalue weighted by molar-refractivity contribution is -0.135. The first-order valence-corrected chi connectivity index (χ1v) is 12.0. The van der Waals surface area contributed by atoms with Gasteiger partial charge in [-0.25, -0.2) is 4.79 Å². The standard InChI is InChI=1S/C26H31N3O5/c1-2-26(19-11-13-28(14-12-19)15-18-7-3-4-8-21(18)30)24(31)29(25(32)27-26)16-20-17-33-22-9-5-6-10-23(22)34-20/h3-10,19-20,30H,2,11-17H2,1H3,(H,27,32)/t20-,26+/m0/s1. The number of piperidine rings is 1. The topological polar surface area (TPSA) is 91.3 Å². The molecule has 5 rings (SSSR count). The summed E-state index contributed by atoms with van der Waals surface area (Å²) in [5.74, 6) is 1.50. The first-order valence-electron chi connectivity index (χ1n) is 12.0. The Bertz CT molecular complexity index is 1070. The number of carbonyl (C=O) groups excluding carboxylic acids is 2. The van der Waals surface area contributed by atoms with E-state index in [0.29, 0.717) is 30.2 Å². The van der Waals surface area contributed by atoms with Crippen molar-refractivity contribution in [2.24, 2.45) is 5.92 Å². The Labute approximate surface area is 199 Å². The third-order valence-electron chi connectivity index (χ3n) is 7.38. The van der Waals surface area contributed by atoms with Crippen LogP contribution in [0.3, 0.4) is 0 Å². The minimum atomic E-state index is -0.883. The Morgan fingerprint density at radius 3 is 2.50 bits per heavy atom. The van der Waals surface area contributed by atoms with Crippen molar-refractivity contribution in [1.29, 1.82) is 0 Å². The predicted octanol–water partition coefficient (Wildman–Crippen LogP) is 3.14. The van der Waals surface area contributed by atoms with Gasteiger partial charge in [0.25, 0.3) is 5.91 Å². The van der Waals surface area contributed by atoms with E-state index in [0.717, 1.165) is 31.5 Å². The monoisotopic (exact) mass is 465 g/mol. The summed E-state index contributed by atoms with van der Waals surface area (Å²) in [5.41, 5.74) is 0.0183. The van der Waals surface area contributed by atoms with Crippen LogP contribution in [0.25, 0.3) is 0 Å². The van der Waals surface area contributed by atoms with Gasteiger partial charge in [-0.2, -0.15) is 0 Å². The number of hydrogen-bond donors (Lipinski definition) is 2. The average molecular weight is 466 g/mol. The molecule has 2 aromatic rings. The van der Waals surface area contributed by atoms with Gasteiger partial charge in [-0.3, -0.25) is 14.6 Å². The molecule has 34 heavy (non-hydrogen) atoms. The normalized spacial score (nSPS) is 25.4. The van der Waals surface area contributed by atoms with Crippen LogP contribution in [0.2, 0.25) is 0 Å². The Kier molecular flexibility index (Phi) is 6.08. The fourth-order valence-electron chi connectivity index (χ4n) is 5.44. The summed E-state index contributed by atoms with van der Waals surface area (Å²) in [4.78, 5) is 30.1. The van der Waals surface area contributed by atoms with Gasteiger partial charge in [-0.05, 0) is 56.5 Å². The molecule has 0 radical (unpaired) electrons. The van der Waals surface area contributed by atoms with Crippen LogP contribution in [-0.2, 0) is 11.3 Å². The minimum absolute atomic E-state index is 0.0591. The van der Waals surface area contributed by atoms with Gasteiger partial charge >= 0.3 is 6.03 Å². The number of nitrogens with one attached hydrogen (secondary N) is 1. The van der Waals surface area contributed by atoms with E-state index in [-0.39, 0.29) is 31.0 Å². The van der Waals surface area contributed by atoms with Crippen LogP contribution in [0.15, 0.2) is 48.5 Å². The Hall–Kier alpha value is -3.26. The quantitative estimate of drug-likeness (QED) is 0.637. The van der Waals surface area contributed by atoms with E-state index in [9.17, 15) is 14.7 Å². The molecule has 0 aliphatic carbocycles. The van der Waals surface area contributed by atoms with Crippen molar-refractivity contribution in [3.8, 4) is 17.2 Å². The van der Waals surface area contributed by atoms with Crippen molar-refractivity contribution in [3.63, 3.8) is 0 Å². The fourth-order valence-corrected chi connectivity index (χ4v) is 5.44. The predicted molar refractivity (Wildman–Crippen MR) is 126 cm³/mol. The highest BCUT2D eigenvalue weighted by atomic mass is 16.6. The smallest absolute Gasteiger partial charge is 0.325 e. The summed E-state index contributed by atoms with van der Waals surface area (Å²) >= 11 is 0. The minimum Gasteiger partial charge on any atom is -0.508 e. The highest BCUT2D eigenvalue weighted by Crippen LogP contribution is 2.37.